The fourth-order valence-corrected chi connectivity index (χ4v) is 8.65. The summed E-state index contributed by atoms with van der Waals surface area (Å²) in [5.41, 5.74) is 16.0. The molecule has 8 aromatic rings. The fraction of sp³-hybridized carbons (Fsp3) is 0.100. The number of aromatic nitrogens is 2. The lowest BCUT2D eigenvalue weighted by molar-refractivity contribution is 0.626. The molecule has 0 N–H and O–H groups in total. The van der Waals surface area contributed by atoms with Crippen molar-refractivity contribution in [2.45, 2.75) is 31.7 Å². The van der Waals surface area contributed by atoms with Crippen LogP contribution in [0.15, 0.2) is 182 Å². The van der Waals surface area contributed by atoms with Gasteiger partial charge in [0, 0.05) is 45.5 Å². The van der Waals surface area contributed by atoms with Crippen molar-refractivity contribution < 1.29 is 0 Å². The van der Waals surface area contributed by atoms with E-state index in [-0.39, 0.29) is 11.5 Å². The highest BCUT2D eigenvalue weighted by atomic mass is 15.2. The SMILES string of the molecule is CC1(C)c2cnccc2-n2c3ccc(-c4ccc(N(c5ccc(-c6ccccc6)cc5)C5C=CC(c6ccccc6)=CC5)cc4)cc3c3cccc1c32. The molecule has 1 aliphatic heterocycles. The Labute approximate surface area is 310 Å². The largest absolute Gasteiger partial charge is 0.334 e. The summed E-state index contributed by atoms with van der Waals surface area (Å²) in [5, 5.41) is 2.57. The number of rotatable bonds is 6. The second-order valence-electron chi connectivity index (χ2n) is 14.8. The Morgan fingerprint density at radius 1 is 0.604 bits per heavy atom. The molecule has 0 spiro atoms. The fourth-order valence-electron chi connectivity index (χ4n) is 8.65. The van der Waals surface area contributed by atoms with E-state index in [1.165, 1.54) is 83.4 Å². The zero-order chi connectivity index (χ0) is 35.5. The average Bonchev–Trinajstić information content (AvgIpc) is 3.56. The van der Waals surface area contributed by atoms with Crippen LogP contribution in [0.25, 0.3) is 55.3 Å². The summed E-state index contributed by atoms with van der Waals surface area (Å²) in [4.78, 5) is 7.01. The summed E-state index contributed by atoms with van der Waals surface area (Å²) in [6.45, 7) is 4.64. The molecule has 3 nitrogen and oxygen atoms in total. The molecule has 2 aliphatic rings. The van der Waals surface area contributed by atoms with Gasteiger partial charge in [-0.3, -0.25) is 4.98 Å². The van der Waals surface area contributed by atoms with Gasteiger partial charge in [-0.2, -0.15) is 0 Å². The van der Waals surface area contributed by atoms with Crippen LogP contribution in [0.4, 0.5) is 11.4 Å². The van der Waals surface area contributed by atoms with Crippen LogP contribution in [0.2, 0.25) is 0 Å². The van der Waals surface area contributed by atoms with E-state index in [4.69, 9.17) is 0 Å². The van der Waals surface area contributed by atoms with Crippen molar-refractivity contribution in [1.82, 2.24) is 9.55 Å². The zero-order valence-corrected chi connectivity index (χ0v) is 29.9. The average molecular weight is 682 g/mol. The van der Waals surface area contributed by atoms with Crippen LogP contribution in [0, 0.1) is 0 Å². The minimum absolute atomic E-state index is 0.133. The molecular weight excluding hydrogens is 643 g/mol. The summed E-state index contributed by atoms with van der Waals surface area (Å²) >= 11 is 0. The zero-order valence-electron chi connectivity index (χ0n) is 29.9. The minimum Gasteiger partial charge on any atom is -0.334 e. The second-order valence-corrected chi connectivity index (χ2v) is 14.8. The normalized spacial score (nSPS) is 15.7. The summed E-state index contributed by atoms with van der Waals surface area (Å²) in [7, 11) is 0. The molecule has 3 heterocycles. The maximum atomic E-state index is 4.53. The van der Waals surface area contributed by atoms with Gasteiger partial charge in [-0.1, -0.05) is 141 Å². The number of hydrogen-bond donors (Lipinski definition) is 0. The Kier molecular flexibility index (Phi) is 7.29. The first-order valence-electron chi connectivity index (χ1n) is 18.6. The topological polar surface area (TPSA) is 21.1 Å². The predicted octanol–water partition coefficient (Wildman–Crippen LogP) is 12.7. The minimum atomic E-state index is -0.133. The maximum Gasteiger partial charge on any atom is 0.0582 e. The number of para-hydroxylation sites is 1. The van der Waals surface area contributed by atoms with E-state index in [2.05, 4.69) is 198 Å². The van der Waals surface area contributed by atoms with E-state index in [0.29, 0.717) is 0 Å². The first-order chi connectivity index (χ1) is 26.0. The molecule has 1 aliphatic carbocycles. The third kappa shape index (κ3) is 5.15. The summed E-state index contributed by atoms with van der Waals surface area (Å²) in [6.07, 6.45) is 11.9. The molecule has 1 unspecified atom stereocenters. The number of anilines is 2. The molecule has 2 aromatic heterocycles. The Balaban J connectivity index is 1.03. The highest BCUT2D eigenvalue weighted by Crippen LogP contribution is 2.47. The van der Waals surface area contributed by atoms with E-state index in [1.807, 2.05) is 12.4 Å². The standard InChI is InChI=1S/C50H39N3/c1-50(2)45-15-9-14-43-44-32-39(22-29-47(44)53(49(43)45)48-30-31-51-33-46(48)50)38-20-27-42(28-21-38)52(40-23-16-36(17-24-40)34-10-5-3-6-11-34)41-25-18-37(19-26-41)35-12-7-4-8-13-35/h3-25,27-33,41H,26H2,1-2H3. The van der Waals surface area contributed by atoms with Crippen LogP contribution in [0.3, 0.4) is 0 Å². The molecule has 10 rings (SSSR count). The smallest absolute Gasteiger partial charge is 0.0582 e. The van der Waals surface area contributed by atoms with E-state index < -0.39 is 0 Å². The molecule has 53 heavy (non-hydrogen) atoms. The molecule has 3 heteroatoms. The van der Waals surface area contributed by atoms with Gasteiger partial charge >= 0.3 is 0 Å². The molecule has 0 saturated heterocycles. The van der Waals surface area contributed by atoms with Crippen molar-refractivity contribution in [3.05, 3.63) is 199 Å². The van der Waals surface area contributed by atoms with Crippen LogP contribution in [-0.4, -0.2) is 15.6 Å². The second kappa shape index (κ2) is 12.4. The van der Waals surface area contributed by atoms with Gasteiger partial charge in [-0.25, -0.2) is 0 Å². The molecule has 0 fully saturated rings. The van der Waals surface area contributed by atoms with Gasteiger partial charge in [0.15, 0.2) is 0 Å². The molecule has 0 amide bonds. The lowest BCUT2D eigenvalue weighted by Gasteiger charge is -2.34. The number of fused-ring (bicyclic) bond motifs is 5. The van der Waals surface area contributed by atoms with Crippen LogP contribution in [0.5, 0.6) is 0 Å². The van der Waals surface area contributed by atoms with Gasteiger partial charge in [-0.15, -0.1) is 0 Å². The molecule has 254 valence electrons. The first kappa shape index (κ1) is 31.3. The summed E-state index contributed by atoms with van der Waals surface area (Å²) in [5.74, 6) is 0. The van der Waals surface area contributed by atoms with Gasteiger partial charge in [-0.05, 0) is 87.8 Å². The molecule has 0 saturated carbocycles. The number of hydrogen-bond acceptors (Lipinski definition) is 2. The van der Waals surface area contributed by atoms with E-state index in [1.54, 1.807) is 0 Å². The van der Waals surface area contributed by atoms with Crippen LogP contribution >= 0.6 is 0 Å². The molecule has 0 radical (unpaired) electrons. The number of benzene rings is 6. The lowest BCUT2D eigenvalue weighted by Crippen LogP contribution is -2.30. The Hall–Kier alpha value is -6.45. The van der Waals surface area contributed by atoms with Crippen LogP contribution in [-0.2, 0) is 5.41 Å². The van der Waals surface area contributed by atoms with Crippen LogP contribution < -0.4 is 4.90 Å². The van der Waals surface area contributed by atoms with Gasteiger partial charge in [0.25, 0.3) is 0 Å². The third-order valence-electron chi connectivity index (χ3n) is 11.4. The lowest BCUT2D eigenvalue weighted by atomic mass is 9.75. The van der Waals surface area contributed by atoms with Crippen molar-refractivity contribution in [3.63, 3.8) is 0 Å². The third-order valence-corrected chi connectivity index (χ3v) is 11.4. The van der Waals surface area contributed by atoms with E-state index >= 15 is 0 Å². The van der Waals surface area contributed by atoms with Gasteiger partial charge in [0.05, 0.1) is 22.8 Å². The van der Waals surface area contributed by atoms with Crippen molar-refractivity contribution in [3.8, 4) is 27.9 Å². The van der Waals surface area contributed by atoms with E-state index in [9.17, 15) is 0 Å². The molecule has 0 bridgehead atoms. The summed E-state index contributed by atoms with van der Waals surface area (Å²) in [6, 6.07) is 55.5. The first-order valence-corrected chi connectivity index (χ1v) is 18.6. The van der Waals surface area contributed by atoms with Crippen molar-refractivity contribution in [2.24, 2.45) is 0 Å². The summed E-state index contributed by atoms with van der Waals surface area (Å²) < 4.78 is 2.45. The Morgan fingerprint density at radius 3 is 1.92 bits per heavy atom. The predicted molar refractivity (Wildman–Crippen MR) is 222 cm³/mol. The number of pyridine rings is 1. The van der Waals surface area contributed by atoms with Gasteiger partial charge in [0.2, 0.25) is 0 Å². The van der Waals surface area contributed by atoms with E-state index in [0.717, 1.165) is 6.42 Å². The highest BCUT2D eigenvalue weighted by molar-refractivity contribution is 6.12. The van der Waals surface area contributed by atoms with Gasteiger partial charge < -0.3 is 9.47 Å². The van der Waals surface area contributed by atoms with Crippen molar-refractivity contribution in [1.29, 1.82) is 0 Å². The quantitative estimate of drug-likeness (QED) is 0.174. The molecule has 6 aromatic carbocycles. The molecular formula is C50H39N3. The van der Waals surface area contributed by atoms with Gasteiger partial charge in [0.1, 0.15) is 0 Å². The van der Waals surface area contributed by atoms with Crippen LogP contribution in [0.1, 0.15) is 37.0 Å². The monoisotopic (exact) mass is 681 g/mol. The highest BCUT2D eigenvalue weighted by Gasteiger charge is 2.35. The maximum absolute atomic E-state index is 4.53. The Morgan fingerprint density at radius 2 is 1.25 bits per heavy atom. The Bertz CT molecular complexity index is 2700. The number of nitrogens with zero attached hydrogens (tertiary/aromatic N) is 3. The molecule has 1 atom stereocenters. The number of allylic oxidation sites excluding steroid dienone is 2. The van der Waals surface area contributed by atoms with Crippen molar-refractivity contribution >= 4 is 38.8 Å². The van der Waals surface area contributed by atoms with Crippen molar-refractivity contribution in [2.75, 3.05) is 4.90 Å².